The van der Waals surface area contributed by atoms with Gasteiger partial charge in [0.1, 0.15) is 6.61 Å². The second-order valence-electron chi connectivity index (χ2n) is 2.53. The van der Waals surface area contributed by atoms with E-state index in [0.29, 0.717) is 37.3 Å². The summed E-state index contributed by atoms with van der Waals surface area (Å²) in [4.78, 5) is 8.06. The normalized spacial score (nSPS) is 10.1. The molecule has 1 aromatic heterocycles. The number of alkyl halides is 1. The van der Waals surface area contributed by atoms with Crippen LogP contribution in [0.4, 0.5) is 0 Å². The minimum atomic E-state index is 0.343. The molecule has 0 atom stereocenters. The van der Waals surface area contributed by atoms with E-state index in [4.69, 9.17) is 21.1 Å². The summed E-state index contributed by atoms with van der Waals surface area (Å²) in [6, 6.07) is 0. The maximum atomic E-state index is 5.60. The van der Waals surface area contributed by atoms with Gasteiger partial charge in [-0.05, 0) is 6.92 Å². The summed E-state index contributed by atoms with van der Waals surface area (Å²) in [6.45, 7) is 3.67. The Labute approximate surface area is 88.2 Å². The van der Waals surface area contributed by atoms with Gasteiger partial charge >= 0.3 is 0 Å². The van der Waals surface area contributed by atoms with E-state index in [1.807, 2.05) is 6.92 Å². The average Bonchev–Trinajstić information content (AvgIpc) is 2.25. The quantitative estimate of drug-likeness (QED) is 0.536. The van der Waals surface area contributed by atoms with Crippen molar-refractivity contribution in [2.45, 2.75) is 12.8 Å². The van der Waals surface area contributed by atoms with Gasteiger partial charge < -0.3 is 9.47 Å². The highest BCUT2D eigenvalue weighted by Crippen LogP contribution is 2.06. The Bertz CT molecular complexity index is 271. The van der Waals surface area contributed by atoms with Gasteiger partial charge in [-0.15, -0.1) is 11.6 Å². The van der Waals surface area contributed by atoms with Gasteiger partial charge in [0, 0.05) is 12.8 Å². The Morgan fingerprint density at radius 2 is 2.21 bits per heavy atom. The Hall–Kier alpha value is -0.870. The van der Waals surface area contributed by atoms with Crippen LogP contribution in [-0.4, -0.2) is 29.8 Å². The Morgan fingerprint density at radius 1 is 1.36 bits per heavy atom. The molecule has 0 aliphatic carbocycles. The standard InChI is InChI=1S/C9H13ClN2O2/c1-2-13-3-4-14-9-7-11-6-8(5-10)12-9/h6-7H,2-5H2,1H3. The zero-order chi connectivity index (χ0) is 10.2. The summed E-state index contributed by atoms with van der Waals surface area (Å²) in [5, 5.41) is 0. The molecule has 4 nitrogen and oxygen atoms in total. The number of nitrogens with zero attached hydrogens (tertiary/aromatic N) is 2. The fourth-order valence-corrected chi connectivity index (χ4v) is 0.999. The van der Waals surface area contributed by atoms with Gasteiger partial charge in [-0.2, -0.15) is 0 Å². The van der Waals surface area contributed by atoms with Crippen LogP contribution >= 0.6 is 11.6 Å². The summed E-state index contributed by atoms with van der Waals surface area (Å²) in [6.07, 6.45) is 3.17. The molecule has 0 radical (unpaired) electrons. The molecular weight excluding hydrogens is 204 g/mol. The molecule has 1 aromatic rings. The molecule has 1 rings (SSSR count). The first-order valence-corrected chi connectivity index (χ1v) is 4.97. The molecule has 0 saturated carbocycles. The lowest BCUT2D eigenvalue weighted by Crippen LogP contribution is -2.07. The Morgan fingerprint density at radius 3 is 2.93 bits per heavy atom. The Kier molecular flexibility index (Phi) is 5.25. The molecule has 0 aliphatic rings. The van der Waals surface area contributed by atoms with Crippen molar-refractivity contribution >= 4 is 11.6 Å². The number of ether oxygens (including phenoxy) is 2. The fraction of sp³-hybridized carbons (Fsp3) is 0.556. The van der Waals surface area contributed by atoms with E-state index in [1.54, 1.807) is 12.4 Å². The van der Waals surface area contributed by atoms with Gasteiger partial charge in [0.25, 0.3) is 0 Å². The number of hydrogen-bond donors (Lipinski definition) is 0. The third kappa shape index (κ3) is 3.89. The zero-order valence-corrected chi connectivity index (χ0v) is 8.83. The second-order valence-corrected chi connectivity index (χ2v) is 2.79. The largest absolute Gasteiger partial charge is 0.474 e. The van der Waals surface area contributed by atoms with Crippen LogP contribution in [-0.2, 0) is 10.6 Å². The maximum Gasteiger partial charge on any atom is 0.232 e. The lowest BCUT2D eigenvalue weighted by molar-refractivity contribution is 0.108. The molecule has 0 fully saturated rings. The van der Waals surface area contributed by atoms with E-state index in [2.05, 4.69) is 9.97 Å². The summed E-state index contributed by atoms with van der Waals surface area (Å²) in [7, 11) is 0. The van der Waals surface area contributed by atoms with E-state index < -0.39 is 0 Å². The summed E-state index contributed by atoms with van der Waals surface area (Å²) >= 11 is 5.60. The molecule has 0 bridgehead atoms. The van der Waals surface area contributed by atoms with Gasteiger partial charge in [-0.1, -0.05) is 0 Å². The van der Waals surface area contributed by atoms with E-state index in [9.17, 15) is 0 Å². The average molecular weight is 217 g/mol. The number of halogens is 1. The summed E-state index contributed by atoms with van der Waals surface area (Å²) in [5.41, 5.74) is 0.709. The van der Waals surface area contributed by atoms with Crippen LogP contribution in [0.3, 0.4) is 0 Å². The minimum absolute atomic E-state index is 0.343. The highest BCUT2D eigenvalue weighted by molar-refractivity contribution is 6.16. The van der Waals surface area contributed by atoms with Gasteiger partial charge in [0.15, 0.2) is 0 Å². The van der Waals surface area contributed by atoms with Gasteiger partial charge in [-0.25, -0.2) is 4.98 Å². The van der Waals surface area contributed by atoms with Crippen LogP contribution in [0, 0.1) is 0 Å². The molecule has 0 N–H and O–H groups in total. The number of hydrogen-bond acceptors (Lipinski definition) is 4. The molecular formula is C9H13ClN2O2. The molecule has 5 heteroatoms. The lowest BCUT2D eigenvalue weighted by atomic mass is 10.5. The predicted octanol–water partition coefficient (Wildman–Crippen LogP) is 1.63. The van der Waals surface area contributed by atoms with E-state index in [0.717, 1.165) is 0 Å². The lowest BCUT2D eigenvalue weighted by Gasteiger charge is -2.05. The van der Waals surface area contributed by atoms with Crippen molar-refractivity contribution in [1.82, 2.24) is 9.97 Å². The molecule has 78 valence electrons. The monoisotopic (exact) mass is 216 g/mol. The van der Waals surface area contributed by atoms with Crippen LogP contribution in [0.1, 0.15) is 12.6 Å². The highest BCUT2D eigenvalue weighted by Gasteiger charge is 1.98. The van der Waals surface area contributed by atoms with Crippen molar-refractivity contribution in [1.29, 1.82) is 0 Å². The fourth-order valence-electron chi connectivity index (χ4n) is 0.870. The molecule has 0 aromatic carbocycles. The van der Waals surface area contributed by atoms with Gasteiger partial charge in [0.2, 0.25) is 5.88 Å². The minimum Gasteiger partial charge on any atom is -0.474 e. The van der Waals surface area contributed by atoms with Crippen molar-refractivity contribution in [3.05, 3.63) is 18.1 Å². The molecule has 0 spiro atoms. The molecule has 14 heavy (non-hydrogen) atoms. The topological polar surface area (TPSA) is 44.2 Å². The maximum absolute atomic E-state index is 5.60. The van der Waals surface area contributed by atoms with Crippen molar-refractivity contribution in [3.8, 4) is 5.88 Å². The second kappa shape index (κ2) is 6.56. The predicted molar refractivity (Wildman–Crippen MR) is 53.6 cm³/mol. The number of aromatic nitrogens is 2. The van der Waals surface area contributed by atoms with Crippen LogP contribution < -0.4 is 4.74 Å². The molecule has 0 unspecified atom stereocenters. The van der Waals surface area contributed by atoms with Crippen LogP contribution in [0.2, 0.25) is 0 Å². The third-order valence-electron chi connectivity index (χ3n) is 1.48. The van der Waals surface area contributed by atoms with Crippen molar-refractivity contribution in [3.63, 3.8) is 0 Å². The SMILES string of the molecule is CCOCCOc1cncc(CCl)n1. The van der Waals surface area contributed by atoms with Crippen molar-refractivity contribution in [2.24, 2.45) is 0 Å². The first kappa shape index (κ1) is 11.2. The molecule has 0 aliphatic heterocycles. The smallest absolute Gasteiger partial charge is 0.232 e. The zero-order valence-electron chi connectivity index (χ0n) is 8.07. The van der Waals surface area contributed by atoms with E-state index in [1.165, 1.54) is 0 Å². The van der Waals surface area contributed by atoms with Crippen LogP contribution in [0.25, 0.3) is 0 Å². The van der Waals surface area contributed by atoms with Gasteiger partial charge in [0.05, 0.1) is 24.4 Å². The third-order valence-corrected chi connectivity index (χ3v) is 1.75. The summed E-state index contributed by atoms with van der Waals surface area (Å²) in [5.74, 6) is 0.832. The van der Waals surface area contributed by atoms with Crippen LogP contribution in [0.15, 0.2) is 12.4 Å². The molecule has 1 heterocycles. The van der Waals surface area contributed by atoms with Crippen LogP contribution in [0.5, 0.6) is 5.88 Å². The van der Waals surface area contributed by atoms with Crippen molar-refractivity contribution < 1.29 is 9.47 Å². The Balaban J connectivity index is 2.34. The van der Waals surface area contributed by atoms with Crippen molar-refractivity contribution in [2.75, 3.05) is 19.8 Å². The number of rotatable bonds is 6. The van der Waals surface area contributed by atoms with Gasteiger partial charge in [-0.3, -0.25) is 4.98 Å². The van der Waals surface area contributed by atoms with E-state index >= 15 is 0 Å². The first-order chi connectivity index (χ1) is 6.86. The molecule has 0 saturated heterocycles. The van der Waals surface area contributed by atoms with E-state index in [-0.39, 0.29) is 0 Å². The highest BCUT2D eigenvalue weighted by atomic mass is 35.5. The summed E-state index contributed by atoms with van der Waals surface area (Å²) < 4.78 is 10.4. The first-order valence-electron chi connectivity index (χ1n) is 4.44. The molecule has 0 amide bonds.